The summed E-state index contributed by atoms with van der Waals surface area (Å²) in [7, 11) is 1.50. The molecule has 0 saturated carbocycles. The highest BCUT2D eigenvalue weighted by molar-refractivity contribution is 6.30. The zero-order valence-electron chi connectivity index (χ0n) is 8.63. The van der Waals surface area contributed by atoms with Crippen molar-refractivity contribution in [1.82, 2.24) is 5.48 Å². The molecule has 0 radical (unpaired) electrons. The number of amides is 1. The highest BCUT2D eigenvalue weighted by Gasteiger charge is 2.11. The van der Waals surface area contributed by atoms with Crippen molar-refractivity contribution in [1.29, 1.82) is 0 Å². The van der Waals surface area contributed by atoms with E-state index in [0.717, 1.165) is 6.07 Å². The molecular formula is C10H11ClFNO3. The van der Waals surface area contributed by atoms with Gasteiger partial charge in [-0.15, -0.1) is 0 Å². The van der Waals surface area contributed by atoms with E-state index in [2.05, 4.69) is 5.48 Å². The van der Waals surface area contributed by atoms with Gasteiger partial charge in [0, 0.05) is 12.1 Å². The Morgan fingerprint density at radius 3 is 2.94 bits per heavy atom. The molecule has 6 heteroatoms. The number of hydrogen-bond donors (Lipinski definition) is 1. The van der Waals surface area contributed by atoms with E-state index in [0.29, 0.717) is 6.61 Å². The largest absolute Gasteiger partial charge is 0.382 e. The van der Waals surface area contributed by atoms with Crippen molar-refractivity contribution in [3.63, 3.8) is 0 Å². The zero-order valence-corrected chi connectivity index (χ0v) is 9.38. The van der Waals surface area contributed by atoms with Gasteiger partial charge in [-0.25, -0.2) is 9.87 Å². The van der Waals surface area contributed by atoms with E-state index >= 15 is 0 Å². The minimum absolute atomic E-state index is 0.162. The lowest BCUT2D eigenvalue weighted by Gasteiger charge is -2.06. The van der Waals surface area contributed by atoms with Crippen LogP contribution in [0.2, 0.25) is 5.02 Å². The average Bonchev–Trinajstić information content (AvgIpc) is 2.27. The SMILES string of the molecule is COCCONC(=O)c1cc(Cl)ccc1F. The molecule has 0 spiro atoms. The molecule has 1 N–H and O–H groups in total. The lowest BCUT2D eigenvalue weighted by atomic mass is 10.2. The van der Waals surface area contributed by atoms with Gasteiger partial charge in [-0.2, -0.15) is 0 Å². The molecule has 1 amide bonds. The Labute approximate surface area is 97.3 Å². The molecule has 0 saturated heterocycles. The molecule has 0 aliphatic rings. The molecule has 1 aromatic rings. The predicted octanol–water partition coefficient (Wildman–Crippen LogP) is 1.79. The van der Waals surface area contributed by atoms with Crippen LogP contribution in [-0.2, 0) is 9.57 Å². The van der Waals surface area contributed by atoms with Crippen molar-refractivity contribution in [3.8, 4) is 0 Å². The van der Waals surface area contributed by atoms with Gasteiger partial charge in [-0.1, -0.05) is 11.6 Å². The van der Waals surface area contributed by atoms with Crippen molar-refractivity contribution in [2.75, 3.05) is 20.3 Å². The van der Waals surface area contributed by atoms with Crippen LogP contribution in [0, 0.1) is 5.82 Å². The number of hydroxylamine groups is 1. The van der Waals surface area contributed by atoms with Gasteiger partial charge in [0.15, 0.2) is 0 Å². The lowest BCUT2D eigenvalue weighted by molar-refractivity contribution is 0.00865. The number of benzene rings is 1. The first-order chi connectivity index (χ1) is 7.65. The van der Waals surface area contributed by atoms with E-state index in [1.165, 1.54) is 19.2 Å². The van der Waals surface area contributed by atoms with Gasteiger partial charge in [0.05, 0.1) is 18.8 Å². The Hall–Kier alpha value is -1.17. The summed E-state index contributed by atoms with van der Waals surface area (Å²) >= 11 is 5.64. The Morgan fingerprint density at radius 1 is 1.50 bits per heavy atom. The van der Waals surface area contributed by atoms with Gasteiger partial charge < -0.3 is 4.74 Å². The molecule has 88 valence electrons. The fourth-order valence-corrected chi connectivity index (χ4v) is 1.14. The Kier molecular flexibility index (Phi) is 5.18. The summed E-state index contributed by atoms with van der Waals surface area (Å²) in [5.41, 5.74) is 1.92. The second-order valence-corrected chi connectivity index (χ2v) is 3.33. The highest BCUT2D eigenvalue weighted by Crippen LogP contribution is 2.14. The molecule has 0 unspecified atom stereocenters. The fraction of sp³-hybridized carbons (Fsp3) is 0.300. The van der Waals surface area contributed by atoms with Crippen LogP contribution in [0.4, 0.5) is 4.39 Å². The van der Waals surface area contributed by atoms with Crippen molar-refractivity contribution >= 4 is 17.5 Å². The summed E-state index contributed by atoms with van der Waals surface area (Å²) in [5.74, 6) is -1.34. The van der Waals surface area contributed by atoms with E-state index in [9.17, 15) is 9.18 Å². The van der Waals surface area contributed by atoms with Crippen molar-refractivity contribution in [2.45, 2.75) is 0 Å². The smallest absolute Gasteiger partial charge is 0.277 e. The van der Waals surface area contributed by atoms with Gasteiger partial charge in [-0.05, 0) is 18.2 Å². The molecule has 1 rings (SSSR count). The molecule has 0 bridgehead atoms. The van der Waals surface area contributed by atoms with Crippen LogP contribution >= 0.6 is 11.6 Å². The van der Waals surface area contributed by atoms with E-state index < -0.39 is 11.7 Å². The quantitative estimate of drug-likeness (QED) is 0.637. The van der Waals surface area contributed by atoms with Crippen LogP contribution in [0.1, 0.15) is 10.4 Å². The Bertz CT molecular complexity index is 373. The number of carbonyl (C=O) groups is 1. The van der Waals surface area contributed by atoms with Crippen LogP contribution in [0.25, 0.3) is 0 Å². The van der Waals surface area contributed by atoms with E-state index in [-0.39, 0.29) is 17.2 Å². The minimum Gasteiger partial charge on any atom is -0.382 e. The maximum absolute atomic E-state index is 13.2. The first-order valence-corrected chi connectivity index (χ1v) is 4.89. The van der Waals surface area contributed by atoms with Gasteiger partial charge in [0.1, 0.15) is 5.82 Å². The normalized spacial score (nSPS) is 10.2. The van der Waals surface area contributed by atoms with Crippen LogP contribution in [-0.4, -0.2) is 26.2 Å². The molecule has 0 aliphatic heterocycles. The molecule has 0 aromatic heterocycles. The third-order valence-corrected chi connectivity index (χ3v) is 1.96. The van der Waals surface area contributed by atoms with Gasteiger partial charge in [0.25, 0.3) is 5.91 Å². The molecule has 0 heterocycles. The minimum atomic E-state index is -0.684. The van der Waals surface area contributed by atoms with E-state index in [4.69, 9.17) is 21.2 Å². The number of methoxy groups -OCH3 is 1. The van der Waals surface area contributed by atoms with Crippen LogP contribution in [0.5, 0.6) is 0 Å². The maximum atomic E-state index is 13.2. The molecule has 16 heavy (non-hydrogen) atoms. The summed E-state index contributed by atoms with van der Waals surface area (Å²) in [6.45, 7) is 0.517. The number of carbonyl (C=O) groups excluding carboxylic acids is 1. The molecular weight excluding hydrogens is 237 g/mol. The zero-order chi connectivity index (χ0) is 12.0. The van der Waals surface area contributed by atoms with Crippen molar-refractivity contribution < 1.29 is 18.8 Å². The summed E-state index contributed by atoms with van der Waals surface area (Å²) in [4.78, 5) is 16.2. The number of nitrogens with one attached hydrogen (secondary N) is 1. The van der Waals surface area contributed by atoms with Gasteiger partial charge >= 0.3 is 0 Å². The monoisotopic (exact) mass is 247 g/mol. The molecule has 0 atom stereocenters. The standard InChI is InChI=1S/C10H11ClFNO3/c1-15-4-5-16-13-10(14)8-6-7(11)2-3-9(8)12/h2-3,6H,4-5H2,1H3,(H,13,14). The first-order valence-electron chi connectivity index (χ1n) is 4.51. The van der Waals surface area contributed by atoms with Gasteiger partial charge in [0.2, 0.25) is 0 Å². The summed E-state index contributed by atoms with van der Waals surface area (Å²) in [6, 6.07) is 3.71. The van der Waals surface area contributed by atoms with Crippen LogP contribution in [0.3, 0.4) is 0 Å². The summed E-state index contributed by atoms with van der Waals surface area (Å²) < 4.78 is 17.9. The van der Waals surface area contributed by atoms with Crippen molar-refractivity contribution in [2.24, 2.45) is 0 Å². The summed E-state index contributed by atoms with van der Waals surface area (Å²) in [6.07, 6.45) is 0. The first kappa shape index (κ1) is 12.9. The summed E-state index contributed by atoms with van der Waals surface area (Å²) in [5, 5.41) is 0.281. The Balaban J connectivity index is 2.55. The topological polar surface area (TPSA) is 47.6 Å². The number of ether oxygens (including phenoxy) is 1. The number of hydrogen-bond acceptors (Lipinski definition) is 3. The lowest BCUT2D eigenvalue weighted by Crippen LogP contribution is -2.26. The van der Waals surface area contributed by atoms with Crippen LogP contribution in [0.15, 0.2) is 18.2 Å². The average molecular weight is 248 g/mol. The van der Waals surface area contributed by atoms with E-state index in [1.54, 1.807) is 0 Å². The highest BCUT2D eigenvalue weighted by atomic mass is 35.5. The van der Waals surface area contributed by atoms with Crippen LogP contribution < -0.4 is 5.48 Å². The molecule has 0 aliphatic carbocycles. The third-order valence-electron chi connectivity index (χ3n) is 1.73. The number of rotatable bonds is 5. The second kappa shape index (κ2) is 6.42. The second-order valence-electron chi connectivity index (χ2n) is 2.90. The predicted molar refractivity (Wildman–Crippen MR) is 56.7 cm³/mol. The fourth-order valence-electron chi connectivity index (χ4n) is 0.968. The van der Waals surface area contributed by atoms with E-state index in [1.807, 2.05) is 0 Å². The third kappa shape index (κ3) is 3.77. The molecule has 0 fully saturated rings. The number of halogens is 2. The maximum Gasteiger partial charge on any atom is 0.277 e. The van der Waals surface area contributed by atoms with Gasteiger partial charge in [-0.3, -0.25) is 9.63 Å². The molecule has 4 nitrogen and oxygen atoms in total. The van der Waals surface area contributed by atoms with Crippen molar-refractivity contribution in [3.05, 3.63) is 34.6 Å². The Morgan fingerprint density at radius 2 is 2.25 bits per heavy atom. The molecule has 1 aromatic carbocycles.